The van der Waals surface area contributed by atoms with Crippen LogP contribution in [0.5, 0.6) is 0 Å². The van der Waals surface area contributed by atoms with E-state index in [0.29, 0.717) is 18.2 Å². The van der Waals surface area contributed by atoms with Crippen LogP contribution in [-0.2, 0) is 4.74 Å². The molecule has 0 bridgehead atoms. The highest BCUT2D eigenvalue weighted by Gasteiger charge is 2.26. The molecule has 26 heavy (non-hydrogen) atoms. The van der Waals surface area contributed by atoms with E-state index >= 15 is 0 Å². The number of rotatable bonds is 6. The summed E-state index contributed by atoms with van der Waals surface area (Å²) in [5, 5.41) is 9.28. The molecule has 5 nitrogen and oxygen atoms in total. The first-order valence-electron chi connectivity index (χ1n) is 10.2. The minimum atomic E-state index is 0.295. The fraction of sp³-hybridized carbons (Fsp3) is 0.750. The van der Waals surface area contributed by atoms with Crippen molar-refractivity contribution in [2.24, 2.45) is 4.99 Å². The van der Waals surface area contributed by atoms with Crippen LogP contribution in [0.15, 0.2) is 22.5 Å². The number of hydrogen-bond acceptors (Lipinski definition) is 4. The van der Waals surface area contributed by atoms with Crippen molar-refractivity contribution < 1.29 is 4.74 Å². The predicted octanol–water partition coefficient (Wildman–Crippen LogP) is 3.40. The molecule has 0 spiro atoms. The molecule has 2 heterocycles. The lowest BCUT2D eigenvalue weighted by atomic mass is 9.96. The Kier molecular flexibility index (Phi) is 7.77. The third kappa shape index (κ3) is 5.69. The van der Waals surface area contributed by atoms with Crippen LogP contribution in [0.4, 0.5) is 0 Å². The maximum absolute atomic E-state index is 5.74. The van der Waals surface area contributed by atoms with E-state index in [9.17, 15) is 0 Å². The maximum Gasteiger partial charge on any atom is 0.191 e. The Bertz CT molecular complexity index is 542. The lowest BCUT2D eigenvalue weighted by Gasteiger charge is -2.36. The van der Waals surface area contributed by atoms with Gasteiger partial charge in [-0.1, -0.05) is 25.3 Å². The average Bonchev–Trinajstić information content (AvgIpc) is 3.17. The van der Waals surface area contributed by atoms with Gasteiger partial charge >= 0.3 is 0 Å². The molecule has 0 aromatic carbocycles. The van der Waals surface area contributed by atoms with Gasteiger partial charge in [-0.3, -0.25) is 9.89 Å². The number of nitrogens with zero attached hydrogens (tertiary/aromatic N) is 2. The Labute approximate surface area is 162 Å². The molecule has 1 aliphatic heterocycles. The first-order valence-corrected chi connectivity index (χ1v) is 11.1. The molecule has 146 valence electrons. The molecule has 0 radical (unpaired) electrons. The summed E-state index contributed by atoms with van der Waals surface area (Å²) in [6, 6.07) is 5.30. The van der Waals surface area contributed by atoms with Crippen molar-refractivity contribution >= 4 is 17.3 Å². The average molecular weight is 379 g/mol. The lowest BCUT2D eigenvalue weighted by Crippen LogP contribution is -2.46. The van der Waals surface area contributed by atoms with Crippen molar-refractivity contribution in [3.05, 3.63) is 22.4 Å². The van der Waals surface area contributed by atoms with E-state index in [4.69, 9.17) is 9.73 Å². The summed E-state index contributed by atoms with van der Waals surface area (Å²) in [5.41, 5.74) is 0. The van der Waals surface area contributed by atoms with Gasteiger partial charge in [-0.25, -0.2) is 0 Å². The fourth-order valence-corrected chi connectivity index (χ4v) is 4.78. The molecule has 0 amide bonds. The number of aliphatic imine (C=N–C) groups is 1. The van der Waals surface area contributed by atoms with Crippen LogP contribution in [0.1, 0.15) is 56.9 Å². The van der Waals surface area contributed by atoms with Gasteiger partial charge in [0.2, 0.25) is 0 Å². The van der Waals surface area contributed by atoms with Crippen LogP contribution in [-0.4, -0.2) is 55.8 Å². The van der Waals surface area contributed by atoms with E-state index < -0.39 is 0 Å². The molecular formula is C20H34N4OS. The summed E-state index contributed by atoms with van der Waals surface area (Å²) >= 11 is 1.83. The van der Waals surface area contributed by atoms with Crippen molar-refractivity contribution in [1.82, 2.24) is 15.5 Å². The van der Waals surface area contributed by atoms with E-state index in [1.54, 1.807) is 0 Å². The van der Waals surface area contributed by atoms with Crippen molar-refractivity contribution in [3.8, 4) is 0 Å². The molecule has 1 aromatic rings. The second-order valence-electron chi connectivity index (χ2n) is 7.41. The number of hydrogen-bond donors (Lipinski definition) is 2. The summed E-state index contributed by atoms with van der Waals surface area (Å²) in [6.07, 6.45) is 6.87. The quantitative estimate of drug-likeness (QED) is 0.588. The van der Waals surface area contributed by atoms with Crippen molar-refractivity contribution in [2.45, 2.75) is 64.1 Å². The molecule has 2 atom stereocenters. The molecule has 2 fully saturated rings. The summed E-state index contributed by atoms with van der Waals surface area (Å²) in [5.74, 6) is 0.974. The zero-order valence-corrected chi connectivity index (χ0v) is 17.1. The first-order chi connectivity index (χ1) is 12.8. The summed E-state index contributed by atoms with van der Waals surface area (Å²) < 4.78 is 5.74. The molecule has 3 rings (SSSR count). The summed E-state index contributed by atoms with van der Waals surface area (Å²) in [6.45, 7) is 8.76. The second kappa shape index (κ2) is 10.3. The zero-order valence-electron chi connectivity index (χ0n) is 16.2. The normalized spacial score (nSPS) is 24.4. The van der Waals surface area contributed by atoms with E-state index in [1.165, 1.54) is 37.0 Å². The van der Waals surface area contributed by atoms with Crippen LogP contribution >= 0.6 is 11.3 Å². The standard InChI is InChI=1S/C20H34N4OS/c1-3-21-20(23-17-8-5-4-6-9-17)22-14-18(19-10-7-13-26-19)24-11-12-25-16(2)15-24/h7,10,13,16-18H,3-6,8-9,11-12,14-15H2,1-2H3,(H2,21,22,23). The van der Waals surface area contributed by atoms with Gasteiger partial charge in [0.05, 0.1) is 25.3 Å². The van der Waals surface area contributed by atoms with Crippen LogP contribution < -0.4 is 10.6 Å². The van der Waals surface area contributed by atoms with Gasteiger partial charge in [-0.2, -0.15) is 0 Å². The topological polar surface area (TPSA) is 48.9 Å². The largest absolute Gasteiger partial charge is 0.376 e. The zero-order chi connectivity index (χ0) is 18.2. The molecule has 1 saturated carbocycles. The van der Waals surface area contributed by atoms with E-state index in [-0.39, 0.29) is 0 Å². The smallest absolute Gasteiger partial charge is 0.191 e. The molecule has 6 heteroatoms. The minimum Gasteiger partial charge on any atom is -0.376 e. The predicted molar refractivity (Wildman–Crippen MR) is 110 cm³/mol. The number of thiophene rings is 1. The molecular weight excluding hydrogens is 344 g/mol. The third-order valence-corrected chi connectivity index (χ3v) is 6.27. The lowest BCUT2D eigenvalue weighted by molar-refractivity contribution is -0.0327. The number of guanidine groups is 1. The number of nitrogens with one attached hydrogen (secondary N) is 2. The van der Waals surface area contributed by atoms with Crippen LogP contribution in [0.25, 0.3) is 0 Å². The summed E-state index contributed by atoms with van der Waals surface area (Å²) in [4.78, 5) is 8.92. The Morgan fingerprint density at radius 2 is 2.23 bits per heavy atom. The van der Waals surface area contributed by atoms with Gasteiger partial charge < -0.3 is 15.4 Å². The van der Waals surface area contributed by atoms with Gasteiger partial charge in [0.1, 0.15) is 0 Å². The van der Waals surface area contributed by atoms with Gasteiger partial charge in [0.25, 0.3) is 0 Å². The Morgan fingerprint density at radius 1 is 1.38 bits per heavy atom. The monoisotopic (exact) mass is 378 g/mol. The molecule has 2 N–H and O–H groups in total. The highest BCUT2D eigenvalue weighted by Crippen LogP contribution is 2.27. The van der Waals surface area contributed by atoms with Gasteiger partial charge in [0, 0.05) is 30.6 Å². The molecule has 1 saturated heterocycles. The summed E-state index contributed by atoms with van der Waals surface area (Å²) in [7, 11) is 0. The van der Waals surface area contributed by atoms with Crippen LogP contribution in [0.2, 0.25) is 0 Å². The Balaban J connectivity index is 1.67. The molecule has 2 unspecified atom stereocenters. The van der Waals surface area contributed by atoms with Gasteiger partial charge in [-0.15, -0.1) is 11.3 Å². The second-order valence-corrected chi connectivity index (χ2v) is 8.39. The van der Waals surface area contributed by atoms with E-state index in [0.717, 1.165) is 38.7 Å². The first kappa shape index (κ1) is 19.6. The highest BCUT2D eigenvalue weighted by atomic mass is 32.1. The Morgan fingerprint density at radius 3 is 2.92 bits per heavy atom. The number of morpholine rings is 1. The van der Waals surface area contributed by atoms with Crippen LogP contribution in [0.3, 0.4) is 0 Å². The van der Waals surface area contributed by atoms with Crippen molar-refractivity contribution in [1.29, 1.82) is 0 Å². The minimum absolute atomic E-state index is 0.295. The SMILES string of the molecule is CCNC(=NCC(c1cccs1)N1CCOC(C)C1)NC1CCCCC1. The van der Waals surface area contributed by atoms with Gasteiger partial charge in [-0.05, 0) is 38.1 Å². The fourth-order valence-electron chi connectivity index (χ4n) is 3.93. The van der Waals surface area contributed by atoms with Crippen molar-refractivity contribution in [2.75, 3.05) is 32.8 Å². The van der Waals surface area contributed by atoms with E-state index in [1.807, 2.05) is 11.3 Å². The molecule has 1 aromatic heterocycles. The third-order valence-electron chi connectivity index (χ3n) is 5.30. The van der Waals surface area contributed by atoms with Crippen LogP contribution in [0, 0.1) is 0 Å². The number of ether oxygens (including phenoxy) is 1. The Hall–Kier alpha value is -1.11. The highest BCUT2D eigenvalue weighted by molar-refractivity contribution is 7.10. The maximum atomic E-state index is 5.74. The van der Waals surface area contributed by atoms with Crippen molar-refractivity contribution in [3.63, 3.8) is 0 Å². The molecule has 1 aliphatic carbocycles. The van der Waals surface area contributed by atoms with Gasteiger partial charge in [0.15, 0.2) is 5.96 Å². The van der Waals surface area contributed by atoms with E-state index in [2.05, 4.69) is 46.9 Å². The molecule has 2 aliphatic rings.